The van der Waals surface area contributed by atoms with Gasteiger partial charge in [-0.2, -0.15) is 15.1 Å². The van der Waals surface area contributed by atoms with Gasteiger partial charge in [-0.1, -0.05) is 85.6 Å². The molecule has 1 unspecified atom stereocenters. The Bertz CT molecular complexity index is 3730. The fraction of sp³-hybridized carbons (Fsp3) is 0.424. The van der Waals surface area contributed by atoms with E-state index in [9.17, 15) is 19.8 Å². The number of halogens is 2. The van der Waals surface area contributed by atoms with Gasteiger partial charge in [0.25, 0.3) is 0 Å². The molecule has 4 aromatic heterocycles. The number of rotatable bonds is 16. The van der Waals surface area contributed by atoms with Crippen molar-refractivity contribution in [1.29, 1.82) is 0 Å². The summed E-state index contributed by atoms with van der Waals surface area (Å²) in [7, 11) is 0. The van der Waals surface area contributed by atoms with Crippen molar-refractivity contribution in [2.24, 2.45) is 5.92 Å². The Hall–Kier alpha value is -7.34. The van der Waals surface area contributed by atoms with Crippen LogP contribution in [0.3, 0.4) is 0 Å². The average molecular weight is 1150 g/mol. The van der Waals surface area contributed by atoms with Gasteiger partial charge < -0.3 is 49.6 Å². The Kier molecular flexibility index (Phi) is 14.5. The van der Waals surface area contributed by atoms with E-state index in [0.717, 1.165) is 34.7 Å². The zero-order valence-corrected chi connectivity index (χ0v) is 47.2. The minimum atomic E-state index is -0.991. The number of nitrogens with zero attached hydrogens (tertiary/aromatic N) is 9. The number of nitrogens with one attached hydrogen (secondary N) is 3. The van der Waals surface area contributed by atoms with Crippen LogP contribution in [0.4, 0.5) is 10.2 Å². The number of thiazole rings is 1. The second-order valence-electron chi connectivity index (χ2n) is 22.1. The first-order valence-corrected chi connectivity index (χ1v) is 29.2. The number of aromatic nitrogens is 8. The highest BCUT2D eigenvalue weighted by Gasteiger charge is 2.50. The smallest absolute Gasteiger partial charge is 0.319 e. The van der Waals surface area contributed by atoms with E-state index in [0.29, 0.717) is 112 Å². The number of likely N-dealkylation sites (tertiary alicyclic amines) is 1. The molecule has 13 rings (SSSR count). The number of aliphatic hydroxyl groups excluding tert-OH is 2. The minimum Gasteiger partial charge on any atom is -0.489 e. The SMILES string of the molecule is CC[C@@H](C)C(C(=O)N1C[C@H](O)C[C@H]1C(=O)N[C@@H](CO)c1ccc(-c2scnc2C)cc1)n1cc(-c2ccc(COc3c(-c4c(C)c(F)cc5[nH]ncc45)c(Cl)c4c5c(nc(OC6CCOCC6)nc35)N3[C@@H]5CN[C@@H](C5)[C@H]3CO4)cc2)nn1. The summed E-state index contributed by atoms with van der Waals surface area (Å²) >= 11 is 9.18. The number of fused-ring (bicyclic) bond motifs is 7. The van der Waals surface area contributed by atoms with Gasteiger partial charge >= 0.3 is 6.01 Å². The number of aromatic amines is 1. The summed E-state index contributed by atoms with van der Waals surface area (Å²) in [5, 5.41) is 45.7. The van der Waals surface area contributed by atoms with Gasteiger partial charge in [0.1, 0.15) is 54.2 Å². The molecule has 4 saturated heterocycles. The van der Waals surface area contributed by atoms with Crippen molar-refractivity contribution in [2.45, 2.75) is 115 Å². The van der Waals surface area contributed by atoms with Crippen LogP contribution in [0, 0.1) is 25.6 Å². The Labute approximate surface area is 480 Å². The summed E-state index contributed by atoms with van der Waals surface area (Å²) in [6.45, 7) is 9.41. The van der Waals surface area contributed by atoms with Crippen LogP contribution in [0.5, 0.6) is 17.5 Å². The van der Waals surface area contributed by atoms with E-state index in [2.05, 4.69) is 41.0 Å². The van der Waals surface area contributed by atoms with E-state index in [1.807, 2.05) is 69.3 Å². The maximum atomic E-state index is 16.1. The van der Waals surface area contributed by atoms with Crippen LogP contribution in [0.2, 0.25) is 5.02 Å². The molecule has 5 aliphatic rings. The summed E-state index contributed by atoms with van der Waals surface area (Å²) in [6.07, 6.45) is 5.18. The van der Waals surface area contributed by atoms with Gasteiger partial charge in [0.15, 0.2) is 11.5 Å². The number of carbonyl (C=O) groups is 2. The minimum absolute atomic E-state index is 0.0323. The predicted octanol–water partition coefficient (Wildman–Crippen LogP) is 7.81. The number of aliphatic hydroxyl groups is 2. The maximum absolute atomic E-state index is 16.1. The van der Waals surface area contributed by atoms with Gasteiger partial charge in [-0.05, 0) is 54.5 Å². The van der Waals surface area contributed by atoms with Crippen LogP contribution in [0.25, 0.3) is 54.6 Å². The van der Waals surface area contributed by atoms with Gasteiger partial charge in [0.05, 0.1) is 82.4 Å². The van der Waals surface area contributed by atoms with Crippen molar-refractivity contribution in [3.63, 3.8) is 0 Å². The van der Waals surface area contributed by atoms with E-state index < -0.39 is 36.0 Å². The Balaban J connectivity index is 0.792. The number of β-amino-alcohol motifs (C(OH)–C–C–N with tert-alkyl or cyclic N) is 1. The molecule has 2 amide bonds. The lowest BCUT2D eigenvalue weighted by atomic mass is 9.93. The molecule has 9 heterocycles. The highest BCUT2D eigenvalue weighted by molar-refractivity contribution is 7.13. The van der Waals surface area contributed by atoms with Gasteiger partial charge in [0, 0.05) is 66.5 Å². The molecule has 8 atom stereocenters. The molecule has 4 fully saturated rings. The molecule has 2 bridgehead atoms. The number of piperazine rings is 1. The summed E-state index contributed by atoms with van der Waals surface area (Å²) in [5.41, 5.74) is 8.47. The maximum Gasteiger partial charge on any atom is 0.319 e. The number of hydrogen-bond acceptors (Lipinski definition) is 17. The Morgan fingerprint density at radius 2 is 1.84 bits per heavy atom. The molecule has 0 aliphatic carbocycles. The van der Waals surface area contributed by atoms with E-state index >= 15 is 4.39 Å². The number of carbonyl (C=O) groups excluding carboxylic acids is 2. The van der Waals surface area contributed by atoms with Crippen LogP contribution in [-0.4, -0.2) is 143 Å². The summed E-state index contributed by atoms with van der Waals surface area (Å²) in [6, 6.07) is 14.5. The summed E-state index contributed by atoms with van der Waals surface area (Å²) in [4.78, 5) is 48.3. The highest BCUT2D eigenvalue weighted by Crippen LogP contribution is 2.55. The van der Waals surface area contributed by atoms with Gasteiger partial charge in [-0.3, -0.25) is 14.7 Å². The molecule has 82 heavy (non-hydrogen) atoms. The van der Waals surface area contributed by atoms with Crippen LogP contribution < -0.4 is 29.7 Å². The van der Waals surface area contributed by atoms with Crippen molar-refractivity contribution in [3.8, 4) is 50.3 Å². The average Bonchev–Trinajstić information content (AvgIpc) is 2.41. The van der Waals surface area contributed by atoms with Gasteiger partial charge in [-0.25, -0.2) is 14.1 Å². The first-order valence-electron chi connectivity index (χ1n) is 28.0. The number of amides is 2. The number of H-pyrrole nitrogens is 1. The molecular formula is C59H62ClFN12O8S. The molecule has 0 radical (unpaired) electrons. The van der Waals surface area contributed by atoms with E-state index in [1.54, 1.807) is 29.5 Å². The zero-order valence-electron chi connectivity index (χ0n) is 45.6. The largest absolute Gasteiger partial charge is 0.489 e. The fourth-order valence-corrected chi connectivity index (χ4v) is 13.7. The lowest BCUT2D eigenvalue weighted by Crippen LogP contribution is -2.53. The summed E-state index contributed by atoms with van der Waals surface area (Å²) in [5.74, 6) is -0.232. The molecule has 4 aromatic carbocycles. The topological polar surface area (TPSA) is 240 Å². The van der Waals surface area contributed by atoms with Crippen LogP contribution >= 0.6 is 22.9 Å². The van der Waals surface area contributed by atoms with Crippen molar-refractivity contribution in [2.75, 3.05) is 44.4 Å². The highest BCUT2D eigenvalue weighted by atomic mass is 35.5. The second kappa shape index (κ2) is 22.1. The summed E-state index contributed by atoms with van der Waals surface area (Å²) < 4.78 is 43.7. The lowest BCUT2D eigenvalue weighted by molar-refractivity contribution is -0.143. The van der Waals surface area contributed by atoms with Crippen LogP contribution in [0.1, 0.15) is 80.4 Å². The second-order valence-corrected chi connectivity index (χ2v) is 23.4. The Morgan fingerprint density at radius 1 is 1.05 bits per heavy atom. The fourth-order valence-electron chi connectivity index (χ4n) is 12.6. The molecule has 5 N–H and O–H groups in total. The number of hydrogen-bond donors (Lipinski definition) is 5. The van der Waals surface area contributed by atoms with E-state index in [4.69, 9.17) is 40.5 Å². The van der Waals surface area contributed by atoms with Crippen LogP contribution in [-0.2, 0) is 20.9 Å². The first kappa shape index (κ1) is 53.9. The molecule has 0 saturated carbocycles. The zero-order chi connectivity index (χ0) is 56.5. The van der Waals surface area contributed by atoms with Gasteiger partial charge in [0.2, 0.25) is 11.8 Å². The number of anilines is 1. The van der Waals surface area contributed by atoms with E-state index in [1.165, 1.54) is 22.3 Å². The molecule has 20 nitrogen and oxygen atoms in total. The van der Waals surface area contributed by atoms with Gasteiger partial charge in [-0.15, -0.1) is 16.4 Å². The molecule has 8 aromatic rings. The molecule has 5 aliphatic heterocycles. The quantitative estimate of drug-likeness (QED) is 0.0620. The van der Waals surface area contributed by atoms with Crippen LogP contribution in [0.15, 0.2) is 72.5 Å². The molecule has 0 spiro atoms. The third-order valence-corrected chi connectivity index (χ3v) is 18.5. The molecule has 426 valence electrons. The predicted molar refractivity (Wildman–Crippen MR) is 305 cm³/mol. The third-order valence-electron chi connectivity index (χ3n) is 17.1. The number of benzene rings is 4. The standard InChI is InChI=1S/C59H62ClFN12O8S/c1-5-29(2)52(58(77)71-23-37(75)19-45(71)57(76)65-44(25-74)34-10-12-35(13-11-34)55-31(4)63-28-82-55)72-24-43(69-70-72)33-8-6-32(7-9-33)26-79-54-48(47-30(3)40(61)20-41-39(47)22-64-68-41)50(60)53-49-51(54)66-59(81-38-14-16-78-17-15-38)67-56(49)73-36-18-42(62-21-36)46(73)27-80-53/h6-13,20,22,24,28-29,36-38,42,44-46,52,62,74-75H,5,14-19,21,23,25-27H2,1-4H3,(H,64,68)(H,65,76)/t29-,36+,37-,42+,44+,45+,46-,52?/m1/s1. The number of ether oxygens (including phenoxy) is 4. The molecular weight excluding hydrogens is 1090 g/mol. The van der Waals surface area contributed by atoms with E-state index in [-0.39, 0.29) is 73.3 Å². The van der Waals surface area contributed by atoms with Crippen molar-refractivity contribution in [1.82, 2.24) is 55.7 Å². The van der Waals surface area contributed by atoms with Crippen molar-refractivity contribution >= 4 is 62.4 Å². The van der Waals surface area contributed by atoms with Crippen molar-refractivity contribution < 1.29 is 43.1 Å². The first-order chi connectivity index (χ1) is 39.8. The van der Waals surface area contributed by atoms with Crippen molar-refractivity contribution in [3.05, 3.63) is 106 Å². The lowest BCUT2D eigenvalue weighted by Gasteiger charge is -2.35. The normalized spacial score (nSPS) is 21.6. The molecule has 23 heteroatoms. The number of aryl methyl sites for hydroxylation is 1. The third kappa shape index (κ3) is 9.65. The monoisotopic (exact) mass is 1150 g/mol. The Morgan fingerprint density at radius 3 is 2.60 bits per heavy atom.